The van der Waals surface area contributed by atoms with E-state index in [-0.39, 0.29) is 0 Å². The van der Waals surface area contributed by atoms with Crippen molar-refractivity contribution >= 4 is 17.3 Å². The van der Waals surface area contributed by atoms with Gasteiger partial charge >= 0.3 is 0 Å². The monoisotopic (exact) mass is 211 g/mol. The Bertz CT molecular complexity index is 206. The minimum Gasteiger partial charge on any atom is -0.258 e. The third kappa shape index (κ3) is 6.03. The maximum atomic E-state index is 4.13. The van der Waals surface area contributed by atoms with Gasteiger partial charge in [-0.2, -0.15) is 0 Å². The quantitative estimate of drug-likeness (QED) is 0.365. The van der Waals surface area contributed by atoms with E-state index in [1.165, 1.54) is 0 Å². The summed E-state index contributed by atoms with van der Waals surface area (Å²) in [7, 11) is 0. The molecule has 1 nitrogen and oxygen atoms in total. The molecule has 0 spiro atoms. The zero-order valence-corrected chi connectivity index (χ0v) is 10.4. The Hall–Kier alpha value is -0.500. The van der Waals surface area contributed by atoms with E-state index in [4.69, 9.17) is 0 Å². The van der Waals surface area contributed by atoms with E-state index < -0.39 is 0 Å². The zero-order valence-electron chi connectivity index (χ0n) is 9.60. The molecule has 0 N–H and O–H groups in total. The first kappa shape index (κ1) is 13.5. The number of allylic oxidation sites excluding steroid dienone is 2. The van der Waals surface area contributed by atoms with Crippen LogP contribution < -0.4 is 0 Å². The molecule has 2 heteroatoms. The molecular weight excluding hydrogens is 190 g/mol. The van der Waals surface area contributed by atoms with Crippen LogP contribution >= 0.6 is 11.8 Å². The summed E-state index contributed by atoms with van der Waals surface area (Å²) in [6.45, 7) is 12.6. The van der Waals surface area contributed by atoms with Gasteiger partial charge < -0.3 is 0 Å². The Morgan fingerprint density at radius 2 is 1.86 bits per heavy atom. The number of thioether (sulfide) groups is 1. The standard InChI is InChI=1S/C12H21NS/c1-6-7-8-13-9-14-12(5)11(4)10(2)3/h6-12H,1H2,2-5H3/b8-7+,13-9?/t11-,12+/m0/s1. The van der Waals surface area contributed by atoms with Crippen LogP contribution in [0.3, 0.4) is 0 Å². The van der Waals surface area contributed by atoms with Crippen LogP contribution in [-0.2, 0) is 0 Å². The fourth-order valence-electron chi connectivity index (χ4n) is 0.943. The summed E-state index contributed by atoms with van der Waals surface area (Å²) in [6, 6.07) is 0. The summed E-state index contributed by atoms with van der Waals surface area (Å²) in [4.78, 5) is 4.13. The van der Waals surface area contributed by atoms with E-state index in [9.17, 15) is 0 Å². The number of rotatable bonds is 6. The lowest BCUT2D eigenvalue weighted by Gasteiger charge is -2.20. The highest BCUT2D eigenvalue weighted by Gasteiger charge is 2.14. The summed E-state index contributed by atoms with van der Waals surface area (Å²) in [6.07, 6.45) is 5.31. The lowest BCUT2D eigenvalue weighted by atomic mass is 9.95. The van der Waals surface area contributed by atoms with Gasteiger partial charge in [-0.15, -0.1) is 11.8 Å². The molecule has 0 aliphatic carbocycles. The Labute approximate surface area is 92.4 Å². The maximum Gasteiger partial charge on any atom is 0.0599 e. The zero-order chi connectivity index (χ0) is 11.0. The summed E-state index contributed by atoms with van der Waals surface area (Å²) >= 11 is 1.79. The topological polar surface area (TPSA) is 12.4 Å². The predicted molar refractivity (Wildman–Crippen MR) is 68.9 cm³/mol. The smallest absolute Gasteiger partial charge is 0.0599 e. The second kappa shape index (κ2) is 7.86. The maximum absolute atomic E-state index is 4.13. The first-order valence-corrected chi connectivity index (χ1v) is 5.98. The second-order valence-electron chi connectivity index (χ2n) is 3.78. The molecule has 0 rings (SSSR count). The van der Waals surface area contributed by atoms with E-state index >= 15 is 0 Å². The van der Waals surface area contributed by atoms with Crippen molar-refractivity contribution in [2.24, 2.45) is 16.8 Å². The highest BCUT2D eigenvalue weighted by atomic mass is 32.2. The van der Waals surface area contributed by atoms with Gasteiger partial charge in [0.15, 0.2) is 0 Å². The van der Waals surface area contributed by atoms with Gasteiger partial charge in [-0.05, 0) is 17.9 Å². The molecule has 0 saturated heterocycles. The van der Waals surface area contributed by atoms with E-state index in [1.807, 2.05) is 11.6 Å². The minimum atomic E-state index is 0.621. The van der Waals surface area contributed by atoms with Crippen molar-refractivity contribution in [2.75, 3.05) is 0 Å². The molecule has 0 amide bonds. The molecule has 0 aromatic rings. The van der Waals surface area contributed by atoms with Gasteiger partial charge in [-0.3, -0.25) is 4.99 Å². The van der Waals surface area contributed by atoms with Crippen LogP contribution in [0.2, 0.25) is 0 Å². The van der Waals surface area contributed by atoms with Gasteiger partial charge in [0.1, 0.15) is 0 Å². The summed E-state index contributed by atoms with van der Waals surface area (Å²) in [5.74, 6) is 1.45. The molecule has 0 aromatic carbocycles. The molecule has 0 aromatic heterocycles. The fourth-order valence-corrected chi connectivity index (χ4v) is 1.84. The third-order valence-electron chi connectivity index (χ3n) is 2.44. The van der Waals surface area contributed by atoms with Gasteiger partial charge in [0.05, 0.1) is 5.55 Å². The van der Waals surface area contributed by atoms with Crippen molar-refractivity contribution in [3.63, 3.8) is 0 Å². The largest absolute Gasteiger partial charge is 0.258 e. The molecular formula is C12H21NS. The van der Waals surface area contributed by atoms with Gasteiger partial charge in [0.2, 0.25) is 0 Å². The van der Waals surface area contributed by atoms with Crippen molar-refractivity contribution in [1.82, 2.24) is 0 Å². The van der Waals surface area contributed by atoms with Crippen LogP contribution in [0.25, 0.3) is 0 Å². The molecule has 80 valence electrons. The number of aliphatic imine (C=N–C) groups is 1. The molecule has 0 aliphatic heterocycles. The summed E-state index contributed by atoms with van der Waals surface area (Å²) in [5, 5.41) is 0.621. The van der Waals surface area contributed by atoms with Crippen LogP contribution in [0.1, 0.15) is 27.7 Å². The summed E-state index contributed by atoms with van der Waals surface area (Å²) < 4.78 is 0. The Morgan fingerprint density at radius 3 is 2.36 bits per heavy atom. The molecule has 0 bridgehead atoms. The van der Waals surface area contributed by atoms with Gasteiger partial charge in [0.25, 0.3) is 0 Å². The summed E-state index contributed by atoms with van der Waals surface area (Å²) in [5.41, 5.74) is 1.91. The number of hydrogen-bond donors (Lipinski definition) is 0. The van der Waals surface area contributed by atoms with Crippen LogP contribution in [0.15, 0.2) is 29.9 Å². The molecule has 0 heterocycles. The highest BCUT2D eigenvalue weighted by molar-refractivity contribution is 8.12. The first-order chi connectivity index (χ1) is 6.59. The lowest BCUT2D eigenvalue weighted by Crippen LogP contribution is -2.16. The Kier molecular flexibility index (Phi) is 7.58. The predicted octanol–water partition coefficient (Wildman–Crippen LogP) is 4.13. The van der Waals surface area contributed by atoms with Gasteiger partial charge in [0, 0.05) is 11.4 Å². The molecule has 0 radical (unpaired) electrons. The lowest BCUT2D eigenvalue weighted by molar-refractivity contribution is 0.418. The molecule has 0 fully saturated rings. The third-order valence-corrected chi connectivity index (χ3v) is 3.54. The van der Waals surface area contributed by atoms with Crippen molar-refractivity contribution in [3.8, 4) is 0 Å². The van der Waals surface area contributed by atoms with Crippen LogP contribution in [0.4, 0.5) is 0 Å². The first-order valence-electron chi connectivity index (χ1n) is 5.04. The van der Waals surface area contributed by atoms with Crippen molar-refractivity contribution < 1.29 is 0 Å². The molecule has 0 saturated carbocycles. The minimum absolute atomic E-state index is 0.621. The van der Waals surface area contributed by atoms with E-state index in [2.05, 4.69) is 39.3 Å². The second-order valence-corrected chi connectivity index (χ2v) is 5.00. The van der Waals surface area contributed by atoms with Crippen molar-refractivity contribution in [1.29, 1.82) is 0 Å². The SMILES string of the molecule is C=C/C=C/N=CS[C@H](C)[C@@H](C)C(C)C. The van der Waals surface area contributed by atoms with E-state index in [0.29, 0.717) is 5.25 Å². The van der Waals surface area contributed by atoms with Gasteiger partial charge in [-0.1, -0.05) is 40.3 Å². The normalized spacial score (nSPS) is 16.6. The fraction of sp³-hybridized carbons (Fsp3) is 0.583. The van der Waals surface area contributed by atoms with Gasteiger partial charge in [-0.25, -0.2) is 0 Å². The van der Waals surface area contributed by atoms with E-state index in [0.717, 1.165) is 11.8 Å². The Balaban J connectivity index is 3.83. The average molecular weight is 211 g/mol. The molecule has 14 heavy (non-hydrogen) atoms. The Morgan fingerprint density at radius 1 is 1.21 bits per heavy atom. The van der Waals surface area contributed by atoms with Crippen LogP contribution in [0.5, 0.6) is 0 Å². The average Bonchev–Trinajstić information content (AvgIpc) is 2.16. The van der Waals surface area contributed by atoms with Crippen molar-refractivity contribution in [3.05, 3.63) is 24.9 Å². The number of hydrogen-bond acceptors (Lipinski definition) is 2. The van der Waals surface area contributed by atoms with E-state index in [1.54, 1.807) is 24.0 Å². The van der Waals surface area contributed by atoms with Crippen molar-refractivity contribution in [2.45, 2.75) is 32.9 Å². The highest BCUT2D eigenvalue weighted by Crippen LogP contribution is 2.23. The molecule has 0 unspecified atom stereocenters. The number of nitrogens with zero attached hydrogens (tertiary/aromatic N) is 1. The molecule has 2 atom stereocenters. The molecule has 0 aliphatic rings. The van der Waals surface area contributed by atoms with Crippen LogP contribution in [0, 0.1) is 11.8 Å². The van der Waals surface area contributed by atoms with Crippen LogP contribution in [-0.4, -0.2) is 10.8 Å².